The van der Waals surface area contributed by atoms with Gasteiger partial charge in [-0.15, -0.1) is 21.5 Å². The van der Waals surface area contributed by atoms with Crippen LogP contribution >= 0.6 is 11.3 Å². The van der Waals surface area contributed by atoms with Gasteiger partial charge >= 0.3 is 11.9 Å². The molecule has 0 saturated carbocycles. The molecule has 1 aromatic carbocycles. The number of hydrogen-bond acceptors (Lipinski definition) is 7. The number of carbonyl (C=O) groups excluding carboxylic acids is 1. The third-order valence-corrected chi connectivity index (χ3v) is 4.96. The van der Waals surface area contributed by atoms with Crippen molar-refractivity contribution in [3.05, 3.63) is 57.8 Å². The van der Waals surface area contributed by atoms with Gasteiger partial charge in [-0.3, -0.25) is 4.79 Å². The number of carboxylic acids is 1. The summed E-state index contributed by atoms with van der Waals surface area (Å²) in [6.45, 7) is 0.267. The number of carboxylic acid groups (broad SMARTS) is 1. The molecule has 0 aliphatic carbocycles. The number of methoxy groups -OCH3 is 1. The van der Waals surface area contributed by atoms with Gasteiger partial charge in [0.2, 0.25) is 5.82 Å². The number of aryl methyl sites for hydroxylation is 1. The predicted octanol–water partition coefficient (Wildman–Crippen LogP) is 2.65. The lowest BCUT2D eigenvalue weighted by Gasteiger charge is -2.01. The molecule has 0 saturated heterocycles. The highest BCUT2D eigenvalue weighted by molar-refractivity contribution is 7.13. The number of tetrazole rings is 1. The van der Waals surface area contributed by atoms with Gasteiger partial charge in [0.15, 0.2) is 0 Å². The van der Waals surface area contributed by atoms with E-state index in [-0.39, 0.29) is 18.9 Å². The second kappa shape index (κ2) is 9.05. The van der Waals surface area contributed by atoms with Crippen LogP contribution in [0.15, 0.2) is 42.5 Å². The first kappa shape index (κ1) is 19.4. The lowest BCUT2D eigenvalue weighted by molar-refractivity contribution is -0.141. The van der Waals surface area contributed by atoms with Gasteiger partial charge in [-0.2, -0.15) is 4.80 Å². The van der Waals surface area contributed by atoms with Crippen LogP contribution in [-0.4, -0.2) is 44.4 Å². The third kappa shape index (κ3) is 5.10. The topological polar surface area (TPSA) is 107 Å². The number of ether oxygens (including phenoxy) is 1. The largest absolute Gasteiger partial charge is 0.478 e. The van der Waals surface area contributed by atoms with Crippen molar-refractivity contribution in [3.63, 3.8) is 0 Å². The Kier molecular flexibility index (Phi) is 6.28. The summed E-state index contributed by atoms with van der Waals surface area (Å²) in [5.41, 5.74) is 1.92. The van der Waals surface area contributed by atoms with Crippen LogP contribution in [0.2, 0.25) is 0 Å². The van der Waals surface area contributed by atoms with Crippen LogP contribution in [0, 0.1) is 0 Å². The van der Waals surface area contributed by atoms with E-state index >= 15 is 0 Å². The Hall–Kier alpha value is -3.33. The zero-order valence-electron chi connectivity index (χ0n) is 15.1. The number of thiophene rings is 1. The molecule has 2 heterocycles. The Labute approximate surface area is 165 Å². The highest BCUT2D eigenvalue weighted by Crippen LogP contribution is 2.32. The Morgan fingerprint density at radius 3 is 2.79 bits per heavy atom. The average molecular weight is 398 g/mol. The van der Waals surface area contributed by atoms with Gasteiger partial charge in [-0.1, -0.05) is 30.3 Å². The van der Waals surface area contributed by atoms with E-state index in [0.29, 0.717) is 12.2 Å². The second-order valence-corrected chi connectivity index (χ2v) is 7.02. The number of esters is 1. The number of nitrogens with zero attached hydrogens (tertiary/aromatic N) is 4. The molecule has 0 unspecified atom stereocenters. The molecule has 1 N–H and O–H groups in total. The molecule has 28 heavy (non-hydrogen) atoms. The maximum atomic E-state index is 11.3. The smallest absolute Gasteiger partial charge is 0.328 e. The first-order valence-corrected chi connectivity index (χ1v) is 9.29. The zero-order chi connectivity index (χ0) is 19.9. The van der Waals surface area contributed by atoms with Gasteiger partial charge in [-0.25, -0.2) is 4.79 Å². The zero-order valence-corrected chi connectivity index (χ0v) is 15.9. The van der Waals surface area contributed by atoms with Crippen LogP contribution in [0.4, 0.5) is 0 Å². The molecule has 3 aromatic rings. The molecule has 0 aliphatic rings. The average Bonchev–Trinajstić information content (AvgIpc) is 3.32. The Morgan fingerprint density at radius 2 is 2.07 bits per heavy atom. The minimum Gasteiger partial charge on any atom is -0.478 e. The Balaban J connectivity index is 1.88. The number of benzene rings is 1. The van der Waals surface area contributed by atoms with E-state index in [2.05, 4.69) is 20.1 Å². The van der Waals surface area contributed by atoms with Crippen LogP contribution in [0.3, 0.4) is 0 Å². The van der Waals surface area contributed by atoms with Gasteiger partial charge < -0.3 is 9.84 Å². The number of aliphatic carboxylic acids is 1. The fourth-order valence-corrected chi connectivity index (χ4v) is 3.62. The Bertz CT molecular complexity index is 995. The maximum absolute atomic E-state index is 11.3. The Morgan fingerprint density at radius 1 is 1.29 bits per heavy atom. The summed E-state index contributed by atoms with van der Waals surface area (Å²) in [5.74, 6) is -0.922. The van der Waals surface area contributed by atoms with Crippen molar-refractivity contribution in [2.45, 2.75) is 19.4 Å². The molecular formula is C19H18N4O4S. The van der Waals surface area contributed by atoms with Crippen LogP contribution in [0.1, 0.15) is 21.7 Å². The van der Waals surface area contributed by atoms with E-state index in [1.54, 1.807) is 6.08 Å². The monoisotopic (exact) mass is 398 g/mol. The van der Waals surface area contributed by atoms with Gasteiger partial charge in [0.05, 0.1) is 20.1 Å². The summed E-state index contributed by atoms with van der Waals surface area (Å²) in [6, 6.07) is 11.8. The van der Waals surface area contributed by atoms with E-state index < -0.39 is 5.97 Å². The molecule has 9 heteroatoms. The SMILES string of the molecule is COC(=O)CCn1nnc(-c2cc(C=CC(=O)O)sc2Cc2ccccc2)n1. The highest BCUT2D eigenvalue weighted by atomic mass is 32.1. The summed E-state index contributed by atoms with van der Waals surface area (Å²) in [4.78, 5) is 25.2. The molecular weight excluding hydrogens is 380 g/mol. The quantitative estimate of drug-likeness (QED) is 0.459. The van der Waals surface area contributed by atoms with Crippen molar-refractivity contribution >= 4 is 29.4 Å². The summed E-state index contributed by atoms with van der Waals surface area (Å²) in [7, 11) is 1.33. The van der Waals surface area contributed by atoms with E-state index in [4.69, 9.17) is 5.11 Å². The van der Waals surface area contributed by atoms with Crippen LogP contribution in [0.5, 0.6) is 0 Å². The molecule has 0 aliphatic heterocycles. The van der Waals surface area contributed by atoms with Gasteiger partial charge in [-0.05, 0) is 22.9 Å². The fourth-order valence-electron chi connectivity index (χ4n) is 2.53. The number of aromatic nitrogens is 4. The minimum absolute atomic E-state index is 0.152. The lowest BCUT2D eigenvalue weighted by atomic mass is 10.1. The molecule has 0 amide bonds. The van der Waals surface area contributed by atoms with Crippen molar-refractivity contribution in [2.75, 3.05) is 7.11 Å². The second-order valence-electron chi connectivity index (χ2n) is 5.85. The van der Waals surface area contributed by atoms with Crippen LogP contribution < -0.4 is 0 Å². The van der Waals surface area contributed by atoms with Gasteiger partial charge in [0.25, 0.3) is 0 Å². The van der Waals surface area contributed by atoms with Crippen LogP contribution in [0.25, 0.3) is 17.5 Å². The first-order chi connectivity index (χ1) is 13.5. The molecule has 0 atom stereocenters. The number of rotatable bonds is 8. The number of hydrogen-bond donors (Lipinski definition) is 1. The summed E-state index contributed by atoms with van der Waals surface area (Å²) in [6.07, 6.45) is 3.47. The van der Waals surface area contributed by atoms with E-state index in [1.165, 1.54) is 23.2 Å². The summed E-state index contributed by atoms with van der Waals surface area (Å²) in [5, 5.41) is 21.3. The first-order valence-electron chi connectivity index (χ1n) is 8.48. The molecule has 144 valence electrons. The predicted molar refractivity (Wildman–Crippen MR) is 104 cm³/mol. The third-order valence-electron chi connectivity index (χ3n) is 3.86. The molecule has 0 fully saturated rings. The summed E-state index contributed by atoms with van der Waals surface area (Å²) < 4.78 is 4.62. The molecule has 2 aromatic heterocycles. The van der Waals surface area contributed by atoms with Gasteiger partial charge in [0, 0.05) is 27.8 Å². The standard InChI is InChI=1S/C19H18N4O4S/c1-27-18(26)9-10-23-21-19(20-22-23)15-12-14(7-8-17(24)25)28-16(15)11-13-5-3-2-4-6-13/h2-8,12H,9-11H2,1H3,(H,24,25). The molecule has 8 nitrogen and oxygen atoms in total. The van der Waals surface area contributed by atoms with Crippen LogP contribution in [-0.2, 0) is 27.3 Å². The van der Waals surface area contributed by atoms with Crippen molar-refractivity contribution in [2.24, 2.45) is 0 Å². The molecule has 0 bridgehead atoms. The number of carbonyl (C=O) groups is 2. The molecule has 0 radical (unpaired) electrons. The lowest BCUT2D eigenvalue weighted by Crippen LogP contribution is -2.09. The normalized spacial score (nSPS) is 11.0. The minimum atomic E-state index is -1.01. The van der Waals surface area contributed by atoms with Crippen molar-refractivity contribution in [1.29, 1.82) is 0 Å². The molecule has 0 spiro atoms. The van der Waals surface area contributed by atoms with Crippen molar-refractivity contribution in [1.82, 2.24) is 20.2 Å². The van der Waals surface area contributed by atoms with Crippen molar-refractivity contribution < 1.29 is 19.4 Å². The summed E-state index contributed by atoms with van der Waals surface area (Å²) >= 11 is 1.48. The maximum Gasteiger partial charge on any atom is 0.328 e. The van der Waals surface area contributed by atoms with E-state index in [1.807, 2.05) is 36.4 Å². The fraction of sp³-hybridized carbons (Fsp3) is 0.211. The highest BCUT2D eigenvalue weighted by Gasteiger charge is 2.16. The van der Waals surface area contributed by atoms with E-state index in [0.717, 1.165) is 27.0 Å². The van der Waals surface area contributed by atoms with Crippen molar-refractivity contribution in [3.8, 4) is 11.4 Å². The van der Waals surface area contributed by atoms with Gasteiger partial charge in [0.1, 0.15) is 0 Å². The van der Waals surface area contributed by atoms with E-state index in [9.17, 15) is 9.59 Å². The molecule has 3 rings (SSSR count).